The molecule has 0 aliphatic rings. The second kappa shape index (κ2) is 3.96. The second-order valence-electron chi connectivity index (χ2n) is 3.01. The maximum absolute atomic E-state index is 11.3. The first-order chi connectivity index (χ1) is 7.31. The largest absolute Gasteiger partial charge is 0.465 e. The first kappa shape index (κ1) is 9.45. The van der Waals surface area contributed by atoms with E-state index < -0.39 is 0 Å². The van der Waals surface area contributed by atoms with Gasteiger partial charge in [-0.25, -0.2) is 9.78 Å². The van der Waals surface area contributed by atoms with Crippen LogP contribution in [0.25, 0.3) is 11.4 Å². The van der Waals surface area contributed by atoms with Crippen molar-refractivity contribution in [2.75, 3.05) is 7.11 Å². The zero-order valence-electron chi connectivity index (χ0n) is 8.23. The third-order valence-electron chi connectivity index (χ3n) is 2.06. The van der Waals surface area contributed by atoms with Crippen LogP contribution in [0.3, 0.4) is 0 Å². The Kier molecular flexibility index (Phi) is 2.49. The summed E-state index contributed by atoms with van der Waals surface area (Å²) < 4.78 is 4.64. The molecule has 0 bridgehead atoms. The number of hydrogen-bond donors (Lipinski definition) is 1. The maximum atomic E-state index is 11.3. The van der Waals surface area contributed by atoms with Crippen molar-refractivity contribution in [3.63, 3.8) is 0 Å². The number of esters is 1. The van der Waals surface area contributed by atoms with Crippen molar-refractivity contribution in [1.82, 2.24) is 9.97 Å². The van der Waals surface area contributed by atoms with Crippen molar-refractivity contribution in [3.05, 3.63) is 42.2 Å². The Hall–Kier alpha value is -2.10. The number of H-pyrrole nitrogens is 1. The van der Waals surface area contributed by atoms with E-state index in [9.17, 15) is 4.79 Å². The van der Waals surface area contributed by atoms with Gasteiger partial charge in [-0.05, 0) is 12.1 Å². The van der Waals surface area contributed by atoms with Gasteiger partial charge < -0.3 is 9.72 Å². The number of nitrogens with one attached hydrogen (secondary N) is 1. The van der Waals surface area contributed by atoms with Crippen LogP contribution < -0.4 is 0 Å². The van der Waals surface area contributed by atoms with Gasteiger partial charge in [0.1, 0.15) is 5.82 Å². The van der Waals surface area contributed by atoms with Gasteiger partial charge in [-0.3, -0.25) is 0 Å². The molecule has 0 radical (unpaired) electrons. The van der Waals surface area contributed by atoms with E-state index in [1.54, 1.807) is 30.6 Å². The number of imidazole rings is 1. The molecule has 4 heteroatoms. The molecule has 0 fully saturated rings. The molecule has 0 aliphatic heterocycles. The van der Waals surface area contributed by atoms with Crippen LogP contribution in [0.2, 0.25) is 0 Å². The van der Waals surface area contributed by atoms with Gasteiger partial charge in [0.2, 0.25) is 0 Å². The van der Waals surface area contributed by atoms with E-state index in [4.69, 9.17) is 0 Å². The number of carbonyl (C=O) groups excluding carboxylic acids is 1. The zero-order chi connectivity index (χ0) is 10.7. The molecule has 1 N–H and O–H groups in total. The van der Waals surface area contributed by atoms with Gasteiger partial charge in [0.25, 0.3) is 0 Å². The van der Waals surface area contributed by atoms with Crippen molar-refractivity contribution >= 4 is 5.97 Å². The van der Waals surface area contributed by atoms with Crippen LogP contribution in [0.1, 0.15) is 10.4 Å². The Morgan fingerprint density at radius 1 is 1.47 bits per heavy atom. The minimum Gasteiger partial charge on any atom is -0.465 e. The lowest BCUT2D eigenvalue weighted by molar-refractivity contribution is 0.0601. The lowest BCUT2D eigenvalue weighted by Gasteiger charge is -2.01. The zero-order valence-corrected chi connectivity index (χ0v) is 8.23. The number of methoxy groups -OCH3 is 1. The highest BCUT2D eigenvalue weighted by atomic mass is 16.5. The lowest BCUT2D eigenvalue weighted by Crippen LogP contribution is -2.00. The van der Waals surface area contributed by atoms with Gasteiger partial charge >= 0.3 is 5.97 Å². The Labute approximate surface area is 86.9 Å². The van der Waals surface area contributed by atoms with Crippen LogP contribution in [0, 0.1) is 0 Å². The summed E-state index contributed by atoms with van der Waals surface area (Å²) in [6, 6.07) is 7.12. The molecular formula is C11H10N2O2. The average Bonchev–Trinajstić information content (AvgIpc) is 2.82. The quantitative estimate of drug-likeness (QED) is 0.756. The minimum atomic E-state index is -0.344. The van der Waals surface area contributed by atoms with Crippen LogP contribution in [-0.4, -0.2) is 23.0 Å². The lowest BCUT2D eigenvalue weighted by atomic mass is 10.1. The van der Waals surface area contributed by atoms with Gasteiger partial charge in [0.15, 0.2) is 0 Å². The van der Waals surface area contributed by atoms with Crippen LogP contribution >= 0.6 is 0 Å². The SMILES string of the molecule is COC(=O)c1cccc(-c2ncc[nH]2)c1. The Bertz CT molecular complexity index is 463. The van der Waals surface area contributed by atoms with Crippen molar-refractivity contribution < 1.29 is 9.53 Å². The van der Waals surface area contributed by atoms with Crippen LogP contribution in [-0.2, 0) is 4.74 Å². The first-order valence-electron chi connectivity index (χ1n) is 4.49. The van der Waals surface area contributed by atoms with E-state index in [1.165, 1.54) is 7.11 Å². The van der Waals surface area contributed by atoms with E-state index in [2.05, 4.69) is 14.7 Å². The summed E-state index contributed by atoms with van der Waals surface area (Å²) in [6.07, 6.45) is 3.40. The predicted octanol–water partition coefficient (Wildman–Crippen LogP) is 1.86. The number of aromatic amines is 1. The third kappa shape index (κ3) is 1.88. The highest BCUT2D eigenvalue weighted by Gasteiger charge is 2.07. The van der Waals surface area contributed by atoms with E-state index in [-0.39, 0.29) is 5.97 Å². The number of benzene rings is 1. The molecule has 0 atom stereocenters. The summed E-state index contributed by atoms with van der Waals surface area (Å²) in [5.41, 5.74) is 1.38. The fourth-order valence-electron chi connectivity index (χ4n) is 1.33. The molecule has 0 aliphatic carbocycles. The smallest absolute Gasteiger partial charge is 0.337 e. The number of ether oxygens (including phenoxy) is 1. The average molecular weight is 202 g/mol. The van der Waals surface area contributed by atoms with Crippen molar-refractivity contribution in [1.29, 1.82) is 0 Å². The van der Waals surface area contributed by atoms with E-state index in [0.29, 0.717) is 5.56 Å². The Morgan fingerprint density at radius 3 is 3.00 bits per heavy atom. The monoisotopic (exact) mass is 202 g/mol. The molecule has 1 aromatic carbocycles. The van der Waals surface area contributed by atoms with Gasteiger partial charge in [0.05, 0.1) is 12.7 Å². The molecule has 0 spiro atoms. The highest BCUT2D eigenvalue weighted by Crippen LogP contribution is 2.16. The standard InChI is InChI=1S/C11H10N2O2/c1-15-11(14)9-4-2-3-8(7-9)10-12-5-6-13-10/h2-7H,1H3,(H,12,13). The number of carbonyl (C=O) groups is 1. The minimum absolute atomic E-state index is 0.344. The second-order valence-corrected chi connectivity index (χ2v) is 3.01. The molecule has 4 nitrogen and oxygen atoms in total. The molecule has 76 valence electrons. The molecule has 15 heavy (non-hydrogen) atoms. The van der Waals surface area contributed by atoms with Crippen molar-refractivity contribution in [2.24, 2.45) is 0 Å². The van der Waals surface area contributed by atoms with E-state index in [1.807, 2.05) is 6.07 Å². The normalized spacial score (nSPS) is 9.93. The number of aromatic nitrogens is 2. The van der Waals surface area contributed by atoms with Crippen LogP contribution in [0.15, 0.2) is 36.7 Å². The molecule has 1 aromatic heterocycles. The molecule has 0 saturated heterocycles. The summed E-state index contributed by atoms with van der Waals surface area (Å²) >= 11 is 0. The van der Waals surface area contributed by atoms with Gasteiger partial charge in [0, 0.05) is 18.0 Å². The summed E-state index contributed by atoms with van der Waals surface area (Å²) in [5, 5.41) is 0. The topological polar surface area (TPSA) is 55.0 Å². The predicted molar refractivity (Wildman–Crippen MR) is 55.4 cm³/mol. The number of hydrogen-bond acceptors (Lipinski definition) is 3. The molecule has 2 aromatic rings. The summed E-state index contributed by atoms with van der Waals surface area (Å²) in [6.45, 7) is 0. The molecule has 0 amide bonds. The van der Waals surface area contributed by atoms with E-state index in [0.717, 1.165) is 11.4 Å². The molecule has 1 heterocycles. The van der Waals surface area contributed by atoms with Crippen LogP contribution in [0.5, 0.6) is 0 Å². The Morgan fingerprint density at radius 2 is 2.33 bits per heavy atom. The third-order valence-corrected chi connectivity index (χ3v) is 2.06. The highest BCUT2D eigenvalue weighted by molar-refractivity contribution is 5.90. The van der Waals surface area contributed by atoms with Gasteiger partial charge in [-0.15, -0.1) is 0 Å². The molecule has 0 unspecified atom stereocenters. The van der Waals surface area contributed by atoms with Crippen molar-refractivity contribution in [3.8, 4) is 11.4 Å². The number of rotatable bonds is 2. The van der Waals surface area contributed by atoms with Gasteiger partial charge in [-0.2, -0.15) is 0 Å². The molecular weight excluding hydrogens is 192 g/mol. The fourth-order valence-corrected chi connectivity index (χ4v) is 1.33. The summed E-state index contributed by atoms with van der Waals surface area (Å²) in [4.78, 5) is 18.4. The van der Waals surface area contributed by atoms with Gasteiger partial charge in [-0.1, -0.05) is 12.1 Å². The molecule has 0 saturated carbocycles. The fraction of sp³-hybridized carbons (Fsp3) is 0.0909. The first-order valence-corrected chi connectivity index (χ1v) is 4.49. The maximum Gasteiger partial charge on any atom is 0.337 e. The van der Waals surface area contributed by atoms with Crippen LogP contribution in [0.4, 0.5) is 0 Å². The van der Waals surface area contributed by atoms with Crippen molar-refractivity contribution in [2.45, 2.75) is 0 Å². The molecule has 2 rings (SSSR count). The van der Waals surface area contributed by atoms with E-state index >= 15 is 0 Å². The summed E-state index contributed by atoms with van der Waals surface area (Å²) in [5.74, 6) is 0.393. The Balaban J connectivity index is 2.39. The summed E-state index contributed by atoms with van der Waals surface area (Å²) in [7, 11) is 1.36. The number of nitrogens with zero attached hydrogens (tertiary/aromatic N) is 1.